The zero-order valence-corrected chi connectivity index (χ0v) is 10.3. The van der Waals surface area contributed by atoms with E-state index in [1.807, 2.05) is 0 Å². The maximum Gasteiger partial charge on any atom is 0.329 e. The number of halogens is 4. The minimum Gasteiger partial charge on any atom is -0.359 e. The van der Waals surface area contributed by atoms with E-state index in [0.717, 1.165) is 10.6 Å². The van der Waals surface area contributed by atoms with Crippen LogP contribution in [0.15, 0.2) is 43.0 Å². The first kappa shape index (κ1) is 13.0. The fraction of sp³-hybridized carbons (Fsp3) is 0.308. The van der Waals surface area contributed by atoms with Gasteiger partial charge in [0, 0.05) is 23.8 Å². The number of hydrogen-bond donors (Lipinski definition) is 0. The Morgan fingerprint density at radius 2 is 1.45 bits per heavy atom. The summed E-state index contributed by atoms with van der Waals surface area (Å²) in [6, 6.07) is 6.44. The highest BCUT2D eigenvalue weighted by Crippen LogP contribution is 2.42. The van der Waals surface area contributed by atoms with Crippen molar-refractivity contribution in [1.29, 1.82) is 0 Å². The van der Waals surface area contributed by atoms with Gasteiger partial charge in [-0.2, -0.15) is 17.6 Å². The number of rotatable bonds is 2. The van der Waals surface area contributed by atoms with Gasteiger partial charge in [0.15, 0.2) is 0 Å². The van der Waals surface area contributed by atoms with Crippen LogP contribution in [0, 0.1) is 0 Å². The Morgan fingerprint density at radius 1 is 0.900 bits per heavy atom. The van der Waals surface area contributed by atoms with Crippen LogP contribution < -0.4 is 4.90 Å². The maximum atomic E-state index is 13.2. The van der Waals surface area contributed by atoms with Crippen molar-refractivity contribution in [2.75, 3.05) is 18.0 Å². The summed E-state index contributed by atoms with van der Waals surface area (Å²) in [5.74, 6) is -7.98. The van der Waals surface area contributed by atoms with Crippen LogP contribution in [0.3, 0.4) is 0 Å². The second kappa shape index (κ2) is 4.22. The second-order valence-electron chi connectivity index (χ2n) is 4.75. The average molecular weight is 285 g/mol. The van der Waals surface area contributed by atoms with Gasteiger partial charge in [0.2, 0.25) is 0 Å². The fourth-order valence-corrected chi connectivity index (χ4v) is 2.20. The SMILES string of the molecule is FC1(F)CN(c2ccc(-n3ccnc3)cc2)CC1(F)F. The topological polar surface area (TPSA) is 21.1 Å². The Bertz CT molecular complexity index is 577. The summed E-state index contributed by atoms with van der Waals surface area (Å²) >= 11 is 0. The zero-order chi connectivity index (χ0) is 14.4. The molecule has 1 aliphatic rings. The Hall–Kier alpha value is -2.05. The van der Waals surface area contributed by atoms with Gasteiger partial charge in [-0.15, -0.1) is 0 Å². The summed E-state index contributed by atoms with van der Waals surface area (Å²) in [6.07, 6.45) is 4.93. The summed E-state index contributed by atoms with van der Waals surface area (Å²) in [6.45, 7) is -1.94. The lowest BCUT2D eigenvalue weighted by molar-refractivity contribution is -0.172. The standard InChI is InChI=1S/C13H11F4N3/c14-12(15)7-20(8-13(12,16)17)11-3-1-10(2-4-11)19-6-5-18-9-19/h1-6,9H,7-8H2. The molecular weight excluding hydrogens is 274 g/mol. The minimum atomic E-state index is -3.99. The molecule has 0 spiro atoms. The zero-order valence-electron chi connectivity index (χ0n) is 10.3. The largest absolute Gasteiger partial charge is 0.359 e. The van der Waals surface area contributed by atoms with Crippen molar-refractivity contribution in [3.05, 3.63) is 43.0 Å². The number of aromatic nitrogens is 2. The minimum absolute atomic E-state index is 0.353. The summed E-state index contributed by atoms with van der Waals surface area (Å²) in [5, 5.41) is 0. The molecule has 0 bridgehead atoms. The first-order valence-corrected chi connectivity index (χ1v) is 5.98. The molecule has 0 N–H and O–H groups in total. The van der Waals surface area contributed by atoms with Crippen molar-refractivity contribution in [3.8, 4) is 5.69 Å². The molecule has 3 nitrogen and oxygen atoms in total. The van der Waals surface area contributed by atoms with Crippen LogP contribution in [-0.4, -0.2) is 34.5 Å². The summed E-state index contributed by atoms with van der Waals surface area (Å²) < 4.78 is 54.4. The highest BCUT2D eigenvalue weighted by Gasteiger charge is 2.62. The molecule has 1 saturated heterocycles. The molecule has 1 aromatic heterocycles. The highest BCUT2D eigenvalue weighted by molar-refractivity contribution is 5.52. The Kier molecular flexibility index (Phi) is 2.74. The number of nitrogens with zero attached hydrogens (tertiary/aromatic N) is 3. The predicted molar refractivity (Wildman–Crippen MR) is 65.7 cm³/mol. The molecule has 3 rings (SSSR count). The third-order valence-electron chi connectivity index (χ3n) is 3.33. The van der Waals surface area contributed by atoms with E-state index in [-0.39, 0.29) is 0 Å². The van der Waals surface area contributed by atoms with Crippen molar-refractivity contribution in [2.45, 2.75) is 11.8 Å². The first-order valence-electron chi connectivity index (χ1n) is 5.98. The average Bonchev–Trinajstić information content (AvgIpc) is 2.97. The Balaban J connectivity index is 1.83. The molecule has 1 fully saturated rings. The third-order valence-corrected chi connectivity index (χ3v) is 3.33. The summed E-state index contributed by atoms with van der Waals surface area (Å²) in [5.41, 5.74) is 1.13. The number of hydrogen-bond acceptors (Lipinski definition) is 2. The fourth-order valence-electron chi connectivity index (χ4n) is 2.20. The van der Waals surface area contributed by atoms with Gasteiger partial charge in [-0.05, 0) is 24.3 Å². The van der Waals surface area contributed by atoms with E-state index >= 15 is 0 Å². The first-order chi connectivity index (χ1) is 9.39. The number of alkyl halides is 4. The van der Waals surface area contributed by atoms with Crippen LogP contribution in [0.25, 0.3) is 5.69 Å². The second-order valence-corrected chi connectivity index (χ2v) is 4.75. The lowest BCUT2D eigenvalue weighted by Gasteiger charge is -2.17. The van der Waals surface area contributed by atoms with Crippen LogP contribution >= 0.6 is 0 Å². The van der Waals surface area contributed by atoms with Crippen LogP contribution in [0.1, 0.15) is 0 Å². The predicted octanol–water partition coefficient (Wildman–Crippen LogP) is 2.96. The molecule has 7 heteroatoms. The van der Waals surface area contributed by atoms with Gasteiger partial charge in [-0.1, -0.05) is 0 Å². The van der Waals surface area contributed by atoms with Crippen molar-refractivity contribution >= 4 is 5.69 Å². The van der Waals surface area contributed by atoms with E-state index in [1.165, 1.54) is 0 Å². The van der Waals surface area contributed by atoms with Crippen LogP contribution in [0.4, 0.5) is 23.2 Å². The lowest BCUT2D eigenvalue weighted by Crippen LogP contribution is -2.38. The molecule has 20 heavy (non-hydrogen) atoms. The molecule has 2 heterocycles. The Labute approximate surface area is 112 Å². The molecule has 0 aliphatic carbocycles. The van der Waals surface area contributed by atoms with E-state index in [1.54, 1.807) is 47.6 Å². The summed E-state index contributed by atoms with van der Waals surface area (Å²) in [4.78, 5) is 4.89. The van der Waals surface area contributed by atoms with Crippen molar-refractivity contribution < 1.29 is 17.6 Å². The maximum absolute atomic E-state index is 13.2. The quantitative estimate of drug-likeness (QED) is 0.791. The number of anilines is 1. The third kappa shape index (κ3) is 2.03. The van der Waals surface area contributed by atoms with Gasteiger partial charge in [-0.25, -0.2) is 4.98 Å². The lowest BCUT2D eigenvalue weighted by atomic mass is 10.2. The molecule has 1 aliphatic heterocycles. The van der Waals surface area contributed by atoms with Crippen molar-refractivity contribution in [2.24, 2.45) is 0 Å². The molecule has 0 radical (unpaired) electrons. The molecule has 1 aromatic carbocycles. The molecule has 0 amide bonds. The highest BCUT2D eigenvalue weighted by atomic mass is 19.3. The van der Waals surface area contributed by atoms with Gasteiger partial charge in [0.25, 0.3) is 0 Å². The van der Waals surface area contributed by atoms with E-state index in [9.17, 15) is 17.6 Å². The van der Waals surface area contributed by atoms with E-state index < -0.39 is 24.9 Å². The smallest absolute Gasteiger partial charge is 0.329 e. The molecular formula is C13H11F4N3. The van der Waals surface area contributed by atoms with Gasteiger partial charge in [0.1, 0.15) is 0 Å². The number of imidazole rings is 1. The molecule has 2 aromatic rings. The number of benzene rings is 1. The molecule has 106 valence electrons. The van der Waals surface area contributed by atoms with Crippen molar-refractivity contribution in [3.63, 3.8) is 0 Å². The van der Waals surface area contributed by atoms with Gasteiger partial charge in [-0.3, -0.25) is 0 Å². The summed E-state index contributed by atoms with van der Waals surface area (Å²) in [7, 11) is 0. The van der Waals surface area contributed by atoms with Gasteiger partial charge < -0.3 is 9.47 Å². The molecule has 0 saturated carbocycles. The van der Waals surface area contributed by atoms with E-state index in [4.69, 9.17) is 0 Å². The monoisotopic (exact) mass is 285 g/mol. The van der Waals surface area contributed by atoms with Crippen LogP contribution in [0.2, 0.25) is 0 Å². The molecule has 0 atom stereocenters. The molecule has 0 unspecified atom stereocenters. The van der Waals surface area contributed by atoms with Gasteiger partial charge >= 0.3 is 11.8 Å². The van der Waals surface area contributed by atoms with Gasteiger partial charge in [0.05, 0.1) is 19.4 Å². The van der Waals surface area contributed by atoms with E-state index in [2.05, 4.69) is 4.98 Å². The Morgan fingerprint density at radius 3 is 1.95 bits per heavy atom. The normalized spacial score (nSPS) is 20.3. The van der Waals surface area contributed by atoms with Crippen LogP contribution in [-0.2, 0) is 0 Å². The van der Waals surface area contributed by atoms with Crippen molar-refractivity contribution in [1.82, 2.24) is 9.55 Å². The van der Waals surface area contributed by atoms with E-state index in [0.29, 0.717) is 5.69 Å². The van der Waals surface area contributed by atoms with Crippen LogP contribution in [0.5, 0.6) is 0 Å².